The van der Waals surface area contributed by atoms with Gasteiger partial charge in [0, 0.05) is 12.5 Å². The van der Waals surface area contributed by atoms with E-state index in [0.717, 1.165) is 5.56 Å². The first kappa shape index (κ1) is 17.3. The molecule has 1 saturated carbocycles. The van der Waals surface area contributed by atoms with Crippen LogP contribution in [0.1, 0.15) is 18.4 Å². The molecule has 1 fully saturated rings. The molecular formula is C19H21NO5S. The van der Waals surface area contributed by atoms with Crippen LogP contribution in [0.15, 0.2) is 53.4 Å². The third-order valence-electron chi connectivity index (χ3n) is 5.02. The molecule has 0 radical (unpaired) electrons. The first-order valence-corrected chi connectivity index (χ1v) is 10.1. The van der Waals surface area contributed by atoms with Crippen molar-refractivity contribution in [3.63, 3.8) is 0 Å². The maximum absolute atomic E-state index is 13.2. The Hall–Kier alpha value is -2.09. The first-order chi connectivity index (χ1) is 12.5. The van der Waals surface area contributed by atoms with Crippen molar-refractivity contribution in [2.24, 2.45) is 5.73 Å². The zero-order valence-corrected chi connectivity index (χ0v) is 15.2. The summed E-state index contributed by atoms with van der Waals surface area (Å²) in [5, 5.41) is -0.746. The van der Waals surface area contributed by atoms with Crippen molar-refractivity contribution < 1.29 is 22.6 Å². The molecule has 0 unspecified atom stereocenters. The predicted molar refractivity (Wildman–Crippen MR) is 96.1 cm³/mol. The summed E-state index contributed by atoms with van der Waals surface area (Å²) in [6.07, 6.45) is 0. The summed E-state index contributed by atoms with van der Waals surface area (Å²) in [5.41, 5.74) is 6.39. The molecule has 3 atom stereocenters. The van der Waals surface area contributed by atoms with Gasteiger partial charge in [-0.2, -0.15) is 0 Å². The summed E-state index contributed by atoms with van der Waals surface area (Å²) in [4.78, 5) is 0.277. The number of rotatable bonds is 6. The third kappa shape index (κ3) is 2.67. The average molecular weight is 375 g/mol. The molecule has 7 heteroatoms. The quantitative estimate of drug-likeness (QED) is 0.832. The van der Waals surface area contributed by atoms with Gasteiger partial charge in [-0.3, -0.25) is 0 Å². The Kier molecular flexibility index (Phi) is 4.17. The molecule has 0 amide bonds. The maximum atomic E-state index is 13.2. The normalized spacial score (nSPS) is 26.7. The second-order valence-corrected chi connectivity index (χ2v) is 8.69. The van der Waals surface area contributed by atoms with Crippen molar-refractivity contribution in [1.82, 2.24) is 0 Å². The lowest BCUT2D eigenvalue weighted by atomic mass is 10.1. The van der Waals surface area contributed by atoms with Gasteiger partial charge >= 0.3 is 0 Å². The zero-order valence-electron chi connectivity index (χ0n) is 14.4. The smallest absolute Gasteiger partial charge is 0.231 e. The number of sulfone groups is 1. The summed E-state index contributed by atoms with van der Waals surface area (Å²) >= 11 is 0. The van der Waals surface area contributed by atoms with E-state index in [9.17, 15) is 8.42 Å². The molecule has 0 spiro atoms. The van der Waals surface area contributed by atoms with Crippen LogP contribution in [0.25, 0.3) is 0 Å². The van der Waals surface area contributed by atoms with E-state index in [2.05, 4.69) is 0 Å². The van der Waals surface area contributed by atoms with Crippen molar-refractivity contribution in [2.75, 3.05) is 20.0 Å². The van der Waals surface area contributed by atoms with Gasteiger partial charge in [0.25, 0.3) is 0 Å². The molecule has 2 aromatic carbocycles. The van der Waals surface area contributed by atoms with E-state index >= 15 is 0 Å². The molecule has 1 heterocycles. The van der Waals surface area contributed by atoms with Crippen molar-refractivity contribution in [2.45, 2.75) is 28.5 Å². The Morgan fingerprint density at radius 2 is 1.88 bits per heavy atom. The minimum atomic E-state index is -3.59. The van der Waals surface area contributed by atoms with Crippen molar-refractivity contribution in [3.05, 3.63) is 54.1 Å². The van der Waals surface area contributed by atoms with E-state index in [-0.39, 0.29) is 24.2 Å². The second-order valence-electron chi connectivity index (χ2n) is 6.62. The van der Waals surface area contributed by atoms with Crippen molar-refractivity contribution in [3.8, 4) is 11.5 Å². The largest absolute Gasteiger partial charge is 0.454 e. The summed E-state index contributed by atoms with van der Waals surface area (Å²) in [6.45, 7) is 2.69. The van der Waals surface area contributed by atoms with E-state index in [1.807, 2.05) is 19.1 Å². The Morgan fingerprint density at radius 1 is 1.15 bits per heavy atom. The fourth-order valence-electron chi connectivity index (χ4n) is 3.69. The average Bonchev–Trinajstić information content (AvgIpc) is 3.03. The minimum absolute atomic E-state index is 0.169. The van der Waals surface area contributed by atoms with Gasteiger partial charge in [-0.05, 0) is 36.8 Å². The van der Waals surface area contributed by atoms with Crippen LogP contribution in [0.3, 0.4) is 0 Å². The lowest BCUT2D eigenvalue weighted by molar-refractivity contribution is 0.125. The Balaban J connectivity index is 1.72. The summed E-state index contributed by atoms with van der Waals surface area (Å²) in [5.74, 6) is 0.905. The molecule has 1 aliphatic heterocycles. The van der Waals surface area contributed by atoms with Crippen LogP contribution >= 0.6 is 0 Å². The van der Waals surface area contributed by atoms with Gasteiger partial charge in [0.15, 0.2) is 21.3 Å². The van der Waals surface area contributed by atoms with Crippen molar-refractivity contribution in [1.29, 1.82) is 0 Å². The van der Waals surface area contributed by atoms with E-state index in [1.54, 1.807) is 36.4 Å². The lowest BCUT2D eigenvalue weighted by Gasteiger charge is -2.12. The van der Waals surface area contributed by atoms with Crippen LogP contribution in [-0.2, 0) is 14.6 Å². The Labute approximate surface area is 152 Å². The Bertz CT molecular complexity index is 915. The van der Waals surface area contributed by atoms with Crippen molar-refractivity contribution >= 4 is 9.84 Å². The molecule has 0 aromatic heterocycles. The number of hydrogen-bond acceptors (Lipinski definition) is 6. The molecule has 4 rings (SSSR count). The van der Waals surface area contributed by atoms with Crippen LogP contribution in [0.4, 0.5) is 0 Å². The first-order valence-electron chi connectivity index (χ1n) is 8.53. The lowest BCUT2D eigenvalue weighted by Crippen LogP contribution is -2.36. The van der Waals surface area contributed by atoms with Gasteiger partial charge < -0.3 is 19.9 Å². The molecule has 2 aromatic rings. The highest BCUT2D eigenvalue weighted by Gasteiger charge is 2.69. The summed E-state index contributed by atoms with van der Waals surface area (Å²) in [7, 11) is -3.59. The van der Waals surface area contributed by atoms with Crippen LogP contribution in [0.2, 0.25) is 0 Å². The van der Waals surface area contributed by atoms with Crippen LogP contribution in [0, 0.1) is 0 Å². The number of nitrogens with two attached hydrogens (primary N) is 1. The highest BCUT2D eigenvalue weighted by molar-refractivity contribution is 7.92. The molecule has 0 saturated heterocycles. The zero-order chi connectivity index (χ0) is 18.4. The van der Waals surface area contributed by atoms with E-state index in [4.69, 9.17) is 19.9 Å². The van der Waals surface area contributed by atoms with Gasteiger partial charge in [0.1, 0.15) is 0 Å². The van der Waals surface area contributed by atoms with E-state index in [1.165, 1.54) is 0 Å². The van der Waals surface area contributed by atoms with Gasteiger partial charge in [-0.1, -0.05) is 24.3 Å². The molecule has 1 aliphatic carbocycles. The number of hydrogen-bond donors (Lipinski definition) is 1. The molecule has 138 valence electrons. The SMILES string of the molecule is CCOC[C@]1(N)[C@@H](c2ccc3c(c2)OCO3)[C@@H]1S(=O)(=O)c1ccccc1. The number of ether oxygens (including phenoxy) is 3. The standard InChI is InChI=1S/C19H21NO5S/c1-2-23-11-19(20)17(13-8-9-15-16(10-13)25-12-24-15)18(19)26(21,22)14-6-4-3-5-7-14/h3-10,17-18H,2,11-12,20H2,1H3/t17-,18-,19-/m0/s1. The molecular weight excluding hydrogens is 354 g/mol. The van der Waals surface area contributed by atoms with Gasteiger partial charge in [0.2, 0.25) is 6.79 Å². The fourth-order valence-corrected chi connectivity index (χ4v) is 6.00. The topological polar surface area (TPSA) is 87.8 Å². The Morgan fingerprint density at radius 3 is 2.62 bits per heavy atom. The molecule has 2 N–H and O–H groups in total. The number of benzene rings is 2. The summed E-state index contributed by atoms with van der Waals surface area (Å²) < 4.78 is 42.7. The minimum Gasteiger partial charge on any atom is -0.454 e. The highest BCUT2D eigenvalue weighted by Crippen LogP contribution is 2.56. The highest BCUT2D eigenvalue weighted by atomic mass is 32.2. The van der Waals surface area contributed by atoms with Gasteiger partial charge in [-0.15, -0.1) is 0 Å². The molecule has 0 bridgehead atoms. The van der Waals surface area contributed by atoms with Gasteiger partial charge in [0.05, 0.1) is 22.3 Å². The molecule has 26 heavy (non-hydrogen) atoms. The van der Waals surface area contributed by atoms with Crippen LogP contribution in [-0.4, -0.2) is 39.2 Å². The fraction of sp³-hybridized carbons (Fsp3) is 0.368. The van der Waals surface area contributed by atoms with Crippen LogP contribution < -0.4 is 15.2 Å². The van der Waals surface area contributed by atoms with E-state index in [0.29, 0.717) is 18.1 Å². The van der Waals surface area contributed by atoms with E-state index < -0.39 is 20.6 Å². The molecule has 2 aliphatic rings. The summed E-state index contributed by atoms with van der Waals surface area (Å²) in [6, 6.07) is 13.9. The predicted octanol–water partition coefficient (Wildman–Crippen LogP) is 2.09. The monoisotopic (exact) mass is 375 g/mol. The van der Waals surface area contributed by atoms with Crippen LogP contribution in [0.5, 0.6) is 11.5 Å². The maximum Gasteiger partial charge on any atom is 0.231 e. The second kappa shape index (κ2) is 6.26. The third-order valence-corrected chi connectivity index (χ3v) is 7.33. The molecule has 6 nitrogen and oxygen atoms in total. The van der Waals surface area contributed by atoms with Gasteiger partial charge in [-0.25, -0.2) is 8.42 Å². The number of fused-ring (bicyclic) bond motifs is 1.